The van der Waals surface area contributed by atoms with Gasteiger partial charge in [-0.15, -0.1) is 11.6 Å². The molecule has 0 aromatic rings. The second-order valence-corrected chi connectivity index (χ2v) is 4.45. The summed E-state index contributed by atoms with van der Waals surface area (Å²) in [6.45, 7) is 7.58. The van der Waals surface area contributed by atoms with Crippen LogP contribution >= 0.6 is 11.6 Å². The van der Waals surface area contributed by atoms with Crippen molar-refractivity contribution in [2.24, 2.45) is 11.3 Å². The number of hydrogen-bond acceptors (Lipinski definition) is 2. The molecule has 0 aliphatic heterocycles. The van der Waals surface area contributed by atoms with E-state index in [0.717, 1.165) is 12.8 Å². The molecule has 0 aliphatic carbocycles. The maximum Gasteiger partial charge on any atom is 0.0683 e. The zero-order valence-corrected chi connectivity index (χ0v) is 10.2. The monoisotopic (exact) mass is 214 g/mol. The van der Waals surface area contributed by atoms with Gasteiger partial charge >= 0.3 is 0 Å². The first-order valence-corrected chi connectivity index (χ1v) is 5.30. The molecule has 0 aliphatic rings. The van der Waals surface area contributed by atoms with Gasteiger partial charge in [0.15, 0.2) is 0 Å². The Balaban J connectivity index is 0. The molecule has 0 spiro atoms. The van der Waals surface area contributed by atoms with Crippen LogP contribution in [0.15, 0.2) is 0 Å². The van der Waals surface area contributed by atoms with Gasteiger partial charge in [0, 0.05) is 11.8 Å². The lowest BCUT2D eigenvalue weighted by Crippen LogP contribution is -2.07. The molecule has 80 valence electrons. The van der Waals surface area contributed by atoms with Crippen molar-refractivity contribution in [1.82, 2.24) is 0 Å². The van der Waals surface area contributed by atoms with Crippen LogP contribution in [-0.2, 0) is 0 Å². The Morgan fingerprint density at radius 1 is 1.29 bits per heavy atom. The Morgan fingerprint density at radius 3 is 1.93 bits per heavy atom. The summed E-state index contributed by atoms with van der Waals surface area (Å²) in [5, 5.41) is 16.4. The molecule has 0 aromatic carbocycles. The van der Waals surface area contributed by atoms with Crippen LogP contribution in [-0.4, -0.2) is 5.88 Å². The fourth-order valence-corrected chi connectivity index (χ4v) is 0.698. The van der Waals surface area contributed by atoms with Gasteiger partial charge in [-0.05, 0) is 40.5 Å². The number of nitriles is 2. The predicted octanol–water partition coefficient (Wildman–Crippen LogP) is 3.72. The number of halogens is 1. The minimum Gasteiger partial charge on any atom is -0.198 e. The lowest BCUT2D eigenvalue weighted by atomic mass is 9.90. The van der Waals surface area contributed by atoms with Crippen molar-refractivity contribution >= 4 is 11.6 Å². The first-order chi connectivity index (χ1) is 6.39. The Labute approximate surface area is 92.5 Å². The molecular formula is C11H19ClN2. The van der Waals surface area contributed by atoms with Crippen molar-refractivity contribution in [3.8, 4) is 12.1 Å². The van der Waals surface area contributed by atoms with Gasteiger partial charge in [0.1, 0.15) is 0 Å². The van der Waals surface area contributed by atoms with Gasteiger partial charge in [0.05, 0.1) is 17.6 Å². The topological polar surface area (TPSA) is 47.6 Å². The molecular weight excluding hydrogens is 196 g/mol. The fourth-order valence-electron chi connectivity index (χ4n) is 0.565. The highest BCUT2D eigenvalue weighted by Gasteiger charge is 2.14. The van der Waals surface area contributed by atoms with E-state index in [9.17, 15) is 0 Å². The lowest BCUT2D eigenvalue weighted by molar-refractivity contribution is 0.447. The van der Waals surface area contributed by atoms with E-state index in [-0.39, 0.29) is 11.3 Å². The summed E-state index contributed by atoms with van der Waals surface area (Å²) in [5.74, 6) is 0.848. The van der Waals surface area contributed by atoms with E-state index in [1.54, 1.807) is 0 Å². The normalized spacial score (nSPS) is 9.71. The SMILES string of the molecule is CC(C)(C#N)CCCCl.CC(C)C#N. The van der Waals surface area contributed by atoms with Gasteiger partial charge < -0.3 is 0 Å². The molecule has 0 N–H and O–H groups in total. The standard InChI is InChI=1S/C7H12ClN.C4H7N/c1-7(2,6-9)4-3-5-8;1-4(2)3-5/h3-5H2,1-2H3;4H,1-2H3. The number of hydrogen-bond donors (Lipinski definition) is 0. The van der Waals surface area contributed by atoms with Gasteiger partial charge in [-0.3, -0.25) is 0 Å². The predicted molar refractivity (Wildman–Crippen MR) is 59.8 cm³/mol. The summed E-state index contributed by atoms with van der Waals surface area (Å²) in [5.41, 5.74) is -0.186. The molecule has 0 fully saturated rings. The molecule has 0 saturated carbocycles. The third kappa shape index (κ3) is 13.8. The van der Waals surface area contributed by atoms with E-state index in [1.165, 1.54) is 0 Å². The van der Waals surface area contributed by atoms with E-state index in [4.69, 9.17) is 22.1 Å². The highest BCUT2D eigenvalue weighted by molar-refractivity contribution is 6.17. The lowest BCUT2D eigenvalue weighted by Gasteiger charge is -2.12. The summed E-state index contributed by atoms with van der Waals surface area (Å²) in [7, 11) is 0. The first-order valence-electron chi connectivity index (χ1n) is 4.76. The number of nitrogens with zero attached hydrogens (tertiary/aromatic N) is 2. The Hall–Kier alpha value is -0.730. The van der Waals surface area contributed by atoms with Crippen LogP contribution in [0.2, 0.25) is 0 Å². The average molecular weight is 215 g/mol. The number of alkyl halides is 1. The van der Waals surface area contributed by atoms with Gasteiger partial charge in [0.2, 0.25) is 0 Å². The van der Waals surface area contributed by atoms with Gasteiger partial charge in [-0.2, -0.15) is 10.5 Å². The van der Waals surface area contributed by atoms with Crippen LogP contribution in [0.5, 0.6) is 0 Å². The zero-order valence-electron chi connectivity index (χ0n) is 9.47. The Morgan fingerprint density at radius 2 is 1.71 bits per heavy atom. The minimum atomic E-state index is -0.186. The molecule has 14 heavy (non-hydrogen) atoms. The summed E-state index contributed by atoms with van der Waals surface area (Å²) < 4.78 is 0. The average Bonchev–Trinajstić information content (AvgIpc) is 2.16. The van der Waals surface area contributed by atoms with Crippen molar-refractivity contribution in [3.63, 3.8) is 0 Å². The highest BCUT2D eigenvalue weighted by Crippen LogP contribution is 2.20. The van der Waals surface area contributed by atoms with Crippen LogP contribution in [0.1, 0.15) is 40.5 Å². The second kappa shape index (κ2) is 8.85. The molecule has 0 heterocycles. The van der Waals surface area contributed by atoms with Gasteiger partial charge in [0.25, 0.3) is 0 Å². The summed E-state index contributed by atoms with van der Waals surface area (Å²) >= 11 is 5.46. The van der Waals surface area contributed by atoms with Crippen LogP contribution in [0.3, 0.4) is 0 Å². The second-order valence-electron chi connectivity index (χ2n) is 4.07. The zero-order chi connectivity index (χ0) is 11.6. The van der Waals surface area contributed by atoms with Crippen molar-refractivity contribution in [3.05, 3.63) is 0 Å². The summed E-state index contributed by atoms with van der Waals surface area (Å²) in [6, 6.07) is 4.25. The molecule has 0 bridgehead atoms. The van der Waals surface area contributed by atoms with E-state index >= 15 is 0 Å². The molecule has 0 unspecified atom stereocenters. The third-order valence-electron chi connectivity index (χ3n) is 1.50. The Kier molecular flexibility index (Phi) is 9.94. The number of rotatable bonds is 3. The Bertz CT molecular complexity index is 208. The van der Waals surface area contributed by atoms with E-state index in [1.807, 2.05) is 33.8 Å². The first kappa shape index (κ1) is 15.7. The van der Waals surface area contributed by atoms with Crippen molar-refractivity contribution in [2.75, 3.05) is 5.88 Å². The molecule has 0 atom stereocenters. The molecule has 0 rings (SSSR count). The van der Waals surface area contributed by atoms with E-state index in [0.29, 0.717) is 5.88 Å². The smallest absolute Gasteiger partial charge is 0.0683 e. The van der Waals surface area contributed by atoms with Crippen molar-refractivity contribution < 1.29 is 0 Å². The fraction of sp³-hybridized carbons (Fsp3) is 0.818. The van der Waals surface area contributed by atoms with Gasteiger partial charge in [-0.1, -0.05) is 0 Å². The van der Waals surface area contributed by atoms with Crippen molar-refractivity contribution in [2.45, 2.75) is 40.5 Å². The van der Waals surface area contributed by atoms with Gasteiger partial charge in [-0.25, -0.2) is 0 Å². The van der Waals surface area contributed by atoms with Crippen LogP contribution < -0.4 is 0 Å². The maximum absolute atomic E-state index is 8.53. The summed E-state index contributed by atoms with van der Waals surface area (Å²) in [6.07, 6.45) is 1.83. The minimum absolute atomic E-state index is 0.186. The van der Waals surface area contributed by atoms with E-state index < -0.39 is 0 Å². The molecule has 0 aromatic heterocycles. The quantitative estimate of drug-likeness (QED) is 0.673. The molecule has 0 amide bonds. The van der Waals surface area contributed by atoms with Crippen LogP contribution in [0.25, 0.3) is 0 Å². The molecule has 2 nitrogen and oxygen atoms in total. The highest BCUT2D eigenvalue weighted by atomic mass is 35.5. The third-order valence-corrected chi connectivity index (χ3v) is 1.76. The largest absolute Gasteiger partial charge is 0.198 e. The van der Waals surface area contributed by atoms with Crippen LogP contribution in [0.4, 0.5) is 0 Å². The van der Waals surface area contributed by atoms with Crippen LogP contribution in [0, 0.1) is 34.0 Å². The van der Waals surface area contributed by atoms with Crippen molar-refractivity contribution in [1.29, 1.82) is 10.5 Å². The molecule has 0 saturated heterocycles. The summed E-state index contributed by atoms with van der Waals surface area (Å²) in [4.78, 5) is 0. The van der Waals surface area contributed by atoms with E-state index in [2.05, 4.69) is 6.07 Å². The maximum atomic E-state index is 8.53. The molecule has 0 radical (unpaired) electrons. The molecule has 3 heteroatoms.